The molecule has 0 N–H and O–H groups in total. The number of rotatable bonds is 39. The van der Waals surface area contributed by atoms with Crippen LogP contribution in [0.25, 0.3) is 0 Å². The van der Waals surface area contributed by atoms with E-state index in [2.05, 4.69) is 27.7 Å². The molecule has 0 aromatic heterocycles. The van der Waals surface area contributed by atoms with Crippen LogP contribution in [0.4, 0.5) is 0 Å². The molecule has 0 rings (SSSR count). The molecule has 0 amide bonds. The van der Waals surface area contributed by atoms with Crippen molar-refractivity contribution in [2.75, 3.05) is 13.2 Å². The van der Waals surface area contributed by atoms with E-state index in [9.17, 15) is 14.4 Å². The van der Waals surface area contributed by atoms with Gasteiger partial charge >= 0.3 is 17.9 Å². The molecule has 1 atom stereocenters. The van der Waals surface area contributed by atoms with Crippen LogP contribution in [0.15, 0.2) is 0 Å². The Kier molecular flexibility index (Phi) is 37.4. The Morgan fingerprint density at radius 2 is 0.660 bits per heavy atom. The van der Waals surface area contributed by atoms with Gasteiger partial charge in [-0.2, -0.15) is 0 Å². The third kappa shape index (κ3) is 37.7. The van der Waals surface area contributed by atoms with Crippen LogP contribution >= 0.6 is 0 Å². The number of hydrogen-bond acceptors (Lipinski definition) is 6. The van der Waals surface area contributed by atoms with E-state index in [0.717, 1.165) is 70.1 Å². The van der Waals surface area contributed by atoms with Crippen LogP contribution in [-0.4, -0.2) is 37.2 Å². The molecule has 0 spiro atoms. The maximum atomic E-state index is 12.6. The fourth-order valence-corrected chi connectivity index (χ4v) is 6.45. The second kappa shape index (κ2) is 38.6. The van der Waals surface area contributed by atoms with Crippen LogP contribution in [-0.2, 0) is 28.6 Å². The third-order valence-electron chi connectivity index (χ3n) is 9.79. The minimum Gasteiger partial charge on any atom is -0.462 e. The van der Waals surface area contributed by atoms with E-state index < -0.39 is 6.10 Å². The van der Waals surface area contributed by atoms with Crippen LogP contribution in [0.1, 0.15) is 240 Å². The monoisotopic (exact) mass is 709 g/mol. The molecular formula is C44H84O6. The van der Waals surface area contributed by atoms with Crippen molar-refractivity contribution in [2.24, 2.45) is 5.92 Å². The lowest BCUT2D eigenvalue weighted by atomic mass is 10.0. The van der Waals surface area contributed by atoms with Gasteiger partial charge in [-0.15, -0.1) is 0 Å². The smallest absolute Gasteiger partial charge is 0.306 e. The van der Waals surface area contributed by atoms with Crippen LogP contribution in [0.5, 0.6) is 0 Å². The average Bonchev–Trinajstić information content (AvgIpc) is 3.09. The van der Waals surface area contributed by atoms with Gasteiger partial charge in [0.15, 0.2) is 6.10 Å². The van der Waals surface area contributed by atoms with Crippen molar-refractivity contribution in [3.05, 3.63) is 0 Å². The quantitative estimate of drug-likeness (QED) is 0.0359. The molecule has 0 bridgehead atoms. The maximum absolute atomic E-state index is 12.6. The first kappa shape index (κ1) is 48.4. The summed E-state index contributed by atoms with van der Waals surface area (Å²) < 4.78 is 16.6. The van der Waals surface area contributed by atoms with E-state index in [1.54, 1.807) is 0 Å². The van der Waals surface area contributed by atoms with Gasteiger partial charge in [-0.1, -0.05) is 201 Å². The summed E-state index contributed by atoms with van der Waals surface area (Å²) in [6.45, 7) is 8.91. The molecule has 0 radical (unpaired) electrons. The molecule has 296 valence electrons. The lowest BCUT2D eigenvalue weighted by Crippen LogP contribution is -2.30. The van der Waals surface area contributed by atoms with Gasteiger partial charge in [0.1, 0.15) is 13.2 Å². The highest BCUT2D eigenvalue weighted by molar-refractivity contribution is 5.71. The van der Waals surface area contributed by atoms with E-state index >= 15 is 0 Å². The lowest BCUT2D eigenvalue weighted by molar-refractivity contribution is -0.167. The topological polar surface area (TPSA) is 78.9 Å². The zero-order valence-electron chi connectivity index (χ0n) is 33.9. The number of ether oxygens (including phenoxy) is 3. The molecule has 0 unspecified atom stereocenters. The van der Waals surface area contributed by atoms with Crippen molar-refractivity contribution < 1.29 is 28.6 Å². The van der Waals surface area contributed by atoms with Crippen molar-refractivity contribution in [3.63, 3.8) is 0 Å². The second-order valence-corrected chi connectivity index (χ2v) is 15.5. The van der Waals surface area contributed by atoms with E-state index in [-0.39, 0.29) is 31.1 Å². The molecule has 0 heterocycles. The van der Waals surface area contributed by atoms with Crippen LogP contribution < -0.4 is 0 Å². The lowest BCUT2D eigenvalue weighted by Gasteiger charge is -2.18. The first-order valence-corrected chi connectivity index (χ1v) is 21.9. The van der Waals surface area contributed by atoms with Gasteiger partial charge in [-0.25, -0.2) is 0 Å². The molecule has 0 fully saturated rings. The van der Waals surface area contributed by atoms with Crippen molar-refractivity contribution in [1.29, 1.82) is 0 Å². The van der Waals surface area contributed by atoms with Crippen LogP contribution in [0, 0.1) is 5.92 Å². The van der Waals surface area contributed by atoms with Gasteiger partial charge in [0.05, 0.1) is 0 Å². The summed E-state index contributed by atoms with van der Waals surface area (Å²) in [5.74, 6) is -0.0325. The largest absolute Gasteiger partial charge is 0.462 e. The fourth-order valence-electron chi connectivity index (χ4n) is 6.45. The number of hydrogen-bond donors (Lipinski definition) is 0. The van der Waals surface area contributed by atoms with E-state index in [0.29, 0.717) is 19.3 Å². The molecule has 0 aliphatic carbocycles. The Bertz CT molecular complexity index is 751. The normalized spacial score (nSPS) is 11.9. The molecule has 50 heavy (non-hydrogen) atoms. The van der Waals surface area contributed by atoms with Crippen molar-refractivity contribution in [2.45, 2.75) is 246 Å². The predicted molar refractivity (Wildman–Crippen MR) is 210 cm³/mol. The number of carbonyl (C=O) groups excluding carboxylic acids is 3. The molecule has 0 aliphatic rings. The molecule has 0 saturated carbocycles. The van der Waals surface area contributed by atoms with E-state index in [4.69, 9.17) is 14.2 Å². The van der Waals surface area contributed by atoms with Gasteiger partial charge in [-0.3, -0.25) is 14.4 Å². The fraction of sp³-hybridized carbons (Fsp3) is 0.932. The highest BCUT2D eigenvalue weighted by Crippen LogP contribution is 2.16. The maximum Gasteiger partial charge on any atom is 0.306 e. The number of esters is 3. The summed E-state index contributed by atoms with van der Waals surface area (Å²) in [6, 6.07) is 0. The molecule has 6 nitrogen and oxygen atoms in total. The summed E-state index contributed by atoms with van der Waals surface area (Å²) in [5.41, 5.74) is 0. The minimum absolute atomic E-state index is 0.0650. The molecule has 0 aromatic carbocycles. The molecule has 6 heteroatoms. The zero-order valence-corrected chi connectivity index (χ0v) is 33.9. The highest BCUT2D eigenvalue weighted by Gasteiger charge is 2.19. The Balaban J connectivity index is 4.19. The van der Waals surface area contributed by atoms with Crippen molar-refractivity contribution in [1.82, 2.24) is 0 Å². The van der Waals surface area contributed by atoms with Gasteiger partial charge in [0.2, 0.25) is 0 Å². The Labute approximate surface area is 310 Å². The van der Waals surface area contributed by atoms with Gasteiger partial charge in [0, 0.05) is 19.3 Å². The first-order chi connectivity index (χ1) is 24.4. The molecule has 0 aromatic rings. The summed E-state index contributed by atoms with van der Waals surface area (Å²) in [4.78, 5) is 37.4. The molecule has 0 aliphatic heterocycles. The Hall–Kier alpha value is -1.59. The van der Waals surface area contributed by atoms with Gasteiger partial charge < -0.3 is 14.2 Å². The van der Waals surface area contributed by atoms with Crippen LogP contribution in [0.2, 0.25) is 0 Å². The Morgan fingerprint density at radius 3 is 0.980 bits per heavy atom. The summed E-state index contributed by atoms with van der Waals surface area (Å²) >= 11 is 0. The standard InChI is InChI=1S/C44H84O6/c1-5-7-9-11-12-13-17-21-24-28-32-36-43(46)49-39-41(38-48-42(45)35-31-26-10-8-6-2)50-44(47)37-33-29-25-22-19-16-14-15-18-20-23-27-30-34-40(3)4/h40-41H,5-39H2,1-4H3/t41-/m0/s1. The summed E-state index contributed by atoms with van der Waals surface area (Å²) in [7, 11) is 0. The number of unbranched alkanes of at least 4 members (excludes halogenated alkanes) is 26. The Morgan fingerprint density at radius 1 is 0.380 bits per heavy atom. The second-order valence-electron chi connectivity index (χ2n) is 15.5. The van der Waals surface area contributed by atoms with E-state index in [1.165, 1.54) is 128 Å². The number of carbonyl (C=O) groups is 3. The van der Waals surface area contributed by atoms with Crippen LogP contribution in [0.3, 0.4) is 0 Å². The average molecular weight is 709 g/mol. The van der Waals surface area contributed by atoms with E-state index in [1.807, 2.05) is 0 Å². The summed E-state index contributed by atoms with van der Waals surface area (Å²) in [5, 5.41) is 0. The van der Waals surface area contributed by atoms with Gasteiger partial charge in [0.25, 0.3) is 0 Å². The third-order valence-corrected chi connectivity index (χ3v) is 9.79. The molecule has 0 saturated heterocycles. The highest BCUT2D eigenvalue weighted by atomic mass is 16.6. The van der Waals surface area contributed by atoms with Crippen molar-refractivity contribution >= 4 is 17.9 Å². The SMILES string of the molecule is CCCCCCCCCCCCCC(=O)OC[C@H](COC(=O)CCCCCCC)OC(=O)CCCCCCCCCCCCCCCC(C)C. The van der Waals surface area contributed by atoms with Crippen molar-refractivity contribution in [3.8, 4) is 0 Å². The van der Waals surface area contributed by atoms with Gasteiger partial charge in [-0.05, 0) is 25.2 Å². The predicted octanol–water partition coefficient (Wildman–Crippen LogP) is 13.6. The summed E-state index contributed by atoms with van der Waals surface area (Å²) in [6.07, 6.45) is 36.8. The minimum atomic E-state index is -0.757. The first-order valence-electron chi connectivity index (χ1n) is 21.9. The zero-order chi connectivity index (χ0) is 36.8. The molecular weight excluding hydrogens is 624 g/mol.